The summed E-state index contributed by atoms with van der Waals surface area (Å²) in [6.45, 7) is 8.38. The van der Waals surface area contributed by atoms with Gasteiger partial charge in [-0.05, 0) is 26.0 Å². The van der Waals surface area contributed by atoms with E-state index in [1.54, 1.807) is 0 Å². The van der Waals surface area contributed by atoms with Crippen molar-refractivity contribution in [3.63, 3.8) is 0 Å². The molecule has 4 nitrogen and oxygen atoms in total. The Kier molecular flexibility index (Phi) is 9.72. The zero-order chi connectivity index (χ0) is 14.6. The summed E-state index contributed by atoms with van der Waals surface area (Å²) in [5.41, 5.74) is 0. The summed E-state index contributed by atoms with van der Waals surface area (Å²) in [4.78, 5) is 0. The first-order chi connectivity index (χ1) is 9.58. The van der Waals surface area contributed by atoms with E-state index in [9.17, 15) is 0 Å². The highest BCUT2D eigenvalue weighted by molar-refractivity contribution is 5.85. The molecule has 0 atom stereocenters. The minimum atomic E-state index is 0. The van der Waals surface area contributed by atoms with Crippen molar-refractivity contribution >= 4 is 10.8 Å². The molecule has 2 rings (SSSR count). The number of ether oxygens (including phenoxy) is 1. The first kappa shape index (κ1) is 21.8. The maximum atomic E-state index is 5.95. The molecule has 1 heterocycles. The van der Waals surface area contributed by atoms with Gasteiger partial charge in [0.25, 0.3) is 5.88 Å². The molecule has 0 aliphatic rings. The summed E-state index contributed by atoms with van der Waals surface area (Å²) >= 11 is 0. The van der Waals surface area contributed by atoms with Gasteiger partial charge in [0.2, 0.25) is 6.20 Å². The largest absolute Gasteiger partial charge is 1.00 e. The fourth-order valence-corrected chi connectivity index (χ4v) is 2.24. The summed E-state index contributed by atoms with van der Waals surface area (Å²) in [5, 5.41) is 6.69. The lowest BCUT2D eigenvalue weighted by atomic mass is 10.2. The van der Waals surface area contributed by atoms with Crippen molar-refractivity contribution in [2.45, 2.75) is 13.8 Å². The predicted molar refractivity (Wildman–Crippen MR) is 80.5 cm³/mol. The fraction of sp³-hybridized carbons (Fsp3) is 0.500. The number of quaternary nitrogens is 1. The fourth-order valence-electron chi connectivity index (χ4n) is 2.24. The first-order valence-electron chi connectivity index (χ1n) is 7.30. The molecule has 0 N–H and O–H groups in total. The van der Waals surface area contributed by atoms with Crippen molar-refractivity contribution in [1.82, 2.24) is 5.10 Å². The summed E-state index contributed by atoms with van der Waals surface area (Å²) in [5.74, 6) is 0.726. The highest BCUT2D eigenvalue weighted by atomic mass is 127. The molecule has 0 saturated heterocycles. The van der Waals surface area contributed by atoms with E-state index in [1.165, 1.54) is 0 Å². The van der Waals surface area contributed by atoms with Crippen molar-refractivity contribution in [3.05, 3.63) is 30.5 Å². The molecule has 6 heteroatoms. The second-order valence-electron chi connectivity index (χ2n) is 5.52. The third kappa shape index (κ3) is 5.45. The van der Waals surface area contributed by atoms with Crippen LogP contribution in [-0.4, -0.2) is 42.9 Å². The minimum absolute atomic E-state index is 0. The van der Waals surface area contributed by atoms with E-state index in [0.29, 0.717) is 6.61 Å². The SMILES string of the molecule is CC[N+](C)(CC)CCOc1n[n+](C)cc2ccccc12.[I-].[I-]. The Balaban J connectivity index is 0.00000220. The molecule has 0 bridgehead atoms. The van der Waals surface area contributed by atoms with Crippen LogP contribution >= 0.6 is 0 Å². The van der Waals surface area contributed by atoms with Crippen molar-refractivity contribution in [2.75, 3.05) is 33.3 Å². The van der Waals surface area contributed by atoms with Gasteiger partial charge in [0.15, 0.2) is 7.05 Å². The van der Waals surface area contributed by atoms with Gasteiger partial charge in [-0.15, -0.1) is 0 Å². The van der Waals surface area contributed by atoms with Gasteiger partial charge in [-0.3, -0.25) is 0 Å². The van der Waals surface area contributed by atoms with Gasteiger partial charge in [-0.1, -0.05) is 16.8 Å². The molecular formula is C16H25I2N3O. The summed E-state index contributed by atoms with van der Waals surface area (Å²) in [6.07, 6.45) is 2.01. The Bertz CT molecular complexity index is 589. The molecule has 0 unspecified atom stereocenters. The molecule has 0 aliphatic carbocycles. The van der Waals surface area contributed by atoms with Crippen LogP contribution in [0.2, 0.25) is 0 Å². The number of aryl methyl sites for hydroxylation is 1. The van der Waals surface area contributed by atoms with Gasteiger partial charge in [0, 0.05) is 5.10 Å². The quantitative estimate of drug-likeness (QED) is 0.217. The van der Waals surface area contributed by atoms with Crippen molar-refractivity contribution < 1.29 is 61.9 Å². The average Bonchev–Trinajstić information content (AvgIpc) is 2.46. The van der Waals surface area contributed by atoms with Crippen LogP contribution in [0.1, 0.15) is 13.8 Å². The van der Waals surface area contributed by atoms with Gasteiger partial charge >= 0.3 is 0 Å². The topological polar surface area (TPSA) is 26.0 Å². The maximum absolute atomic E-state index is 5.95. The first-order valence-corrected chi connectivity index (χ1v) is 7.30. The number of hydrogen-bond donors (Lipinski definition) is 0. The lowest BCUT2D eigenvalue weighted by Gasteiger charge is -2.31. The van der Waals surface area contributed by atoms with Gasteiger partial charge in [-0.25, -0.2) is 0 Å². The molecule has 0 spiro atoms. The van der Waals surface area contributed by atoms with Crippen LogP contribution in [0.4, 0.5) is 0 Å². The van der Waals surface area contributed by atoms with Crippen LogP contribution in [0.25, 0.3) is 10.8 Å². The molecule has 0 saturated carbocycles. The summed E-state index contributed by atoms with van der Waals surface area (Å²) < 4.78 is 8.79. The normalized spacial score (nSPS) is 10.7. The Hall–Kier alpha value is -0.220. The van der Waals surface area contributed by atoms with Crippen LogP contribution in [0, 0.1) is 0 Å². The molecule has 2 aromatic rings. The van der Waals surface area contributed by atoms with Crippen molar-refractivity contribution in [2.24, 2.45) is 7.05 Å². The van der Waals surface area contributed by atoms with E-state index >= 15 is 0 Å². The van der Waals surface area contributed by atoms with Gasteiger partial charge < -0.3 is 57.2 Å². The number of benzene rings is 1. The maximum Gasteiger partial charge on any atom is 0.287 e. The Morgan fingerprint density at radius 2 is 1.77 bits per heavy atom. The molecule has 1 aromatic heterocycles. The van der Waals surface area contributed by atoms with E-state index in [-0.39, 0.29) is 48.0 Å². The van der Waals surface area contributed by atoms with E-state index in [4.69, 9.17) is 4.74 Å². The lowest BCUT2D eigenvalue weighted by Crippen LogP contribution is -3.00. The molecule has 1 aromatic carbocycles. The number of nitrogens with zero attached hydrogens (tertiary/aromatic N) is 3. The molecule has 0 aliphatic heterocycles. The van der Waals surface area contributed by atoms with Crippen LogP contribution < -0.4 is 57.4 Å². The van der Waals surface area contributed by atoms with Gasteiger partial charge in [0.05, 0.1) is 30.9 Å². The lowest BCUT2D eigenvalue weighted by molar-refractivity contribution is -0.906. The smallest absolute Gasteiger partial charge is 0.287 e. The third-order valence-corrected chi connectivity index (χ3v) is 4.16. The summed E-state index contributed by atoms with van der Waals surface area (Å²) in [6, 6.07) is 8.21. The van der Waals surface area contributed by atoms with Crippen LogP contribution in [-0.2, 0) is 7.05 Å². The van der Waals surface area contributed by atoms with E-state index in [2.05, 4.69) is 38.1 Å². The standard InChI is InChI=1S/C16H25N3O.2HI/c1-5-19(4,6-2)11-12-20-16-15-10-8-7-9-14(15)13-18(3)17-16;;/h7-10,13H,5-6,11-12H2,1-4H3;2*1H/q+2;;/p-2. The highest BCUT2D eigenvalue weighted by Crippen LogP contribution is 2.20. The number of hydrogen-bond acceptors (Lipinski definition) is 2. The Morgan fingerprint density at radius 1 is 1.14 bits per heavy atom. The number of halogens is 2. The van der Waals surface area contributed by atoms with Crippen LogP contribution in [0.3, 0.4) is 0 Å². The molecule has 22 heavy (non-hydrogen) atoms. The van der Waals surface area contributed by atoms with Crippen LogP contribution in [0.5, 0.6) is 5.88 Å². The van der Waals surface area contributed by atoms with E-state index in [1.807, 2.05) is 30.1 Å². The second-order valence-corrected chi connectivity index (χ2v) is 5.52. The molecule has 124 valence electrons. The molecule has 0 radical (unpaired) electrons. The molecular weight excluding hydrogens is 504 g/mol. The molecule has 0 amide bonds. The minimum Gasteiger partial charge on any atom is -1.00 e. The Labute approximate surface area is 167 Å². The van der Waals surface area contributed by atoms with Crippen LogP contribution in [0.15, 0.2) is 30.5 Å². The highest BCUT2D eigenvalue weighted by Gasteiger charge is 2.17. The number of rotatable bonds is 6. The zero-order valence-corrected chi connectivity index (χ0v) is 18.0. The van der Waals surface area contributed by atoms with E-state index in [0.717, 1.165) is 40.8 Å². The van der Waals surface area contributed by atoms with E-state index < -0.39 is 0 Å². The monoisotopic (exact) mass is 529 g/mol. The van der Waals surface area contributed by atoms with Gasteiger partial charge in [-0.2, -0.15) is 0 Å². The third-order valence-electron chi connectivity index (χ3n) is 4.16. The predicted octanol–water partition coefficient (Wildman–Crippen LogP) is -4.07. The van der Waals surface area contributed by atoms with Crippen molar-refractivity contribution in [1.29, 1.82) is 0 Å². The number of fused-ring (bicyclic) bond motifs is 1. The average molecular weight is 529 g/mol. The zero-order valence-electron chi connectivity index (χ0n) is 13.7. The summed E-state index contributed by atoms with van der Waals surface area (Å²) in [7, 11) is 4.19. The Morgan fingerprint density at radius 3 is 2.41 bits per heavy atom. The number of aromatic nitrogens is 2. The second kappa shape index (κ2) is 9.82. The molecule has 0 fully saturated rings. The van der Waals surface area contributed by atoms with Gasteiger partial charge in [0.1, 0.15) is 13.2 Å². The number of likely N-dealkylation sites (N-methyl/N-ethyl adjacent to an activating group) is 1. The van der Waals surface area contributed by atoms with Crippen molar-refractivity contribution in [3.8, 4) is 5.88 Å².